The Morgan fingerprint density at radius 1 is 1.45 bits per heavy atom. The second-order valence-corrected chi connectivity index (χ2v) is 5.46. The Balaban J connectivity index is 1.92. The average molecular weight is 292 g/mol. The maximum atomic E-state index is 11.3. The highest BCUT2D eigenvalue weighted by molar-refractivity contribution is 7.99. The Bertz CT molecular complexity index is 540. The van der Waals surface area contributed by atoms with Gasteiger partial charge in [-0.1, -0.05) is 12.1 Å². The Morgan fingerprint density at radius 3 is 2.75 bits per heavy atom. The lowest BCUT2D eigenvalue weighted by Crippen LogP contribution is -2.19. The molecule has 1 aromatic carbocycles. The van der Waals surface area contributed by atoms with Crippen LogP contribution in [0, 0.1) is 0 Å². The van der Waals surface area contributed by atoms with E-state index in [1.807, 2.05) is 24.3 Å². The monoisotopic (exact) mass is 292 g/mol. The van der Waals surface area contributed by atoms with Gasteiger partial charge in [0.15, 0.2) is 0 Å². The van der Waals surface area contributed by atoms with Gasteiger partial charge in [0.05, 0.1) is 13.4 Å². The number of aromatic amines is 1. The second-order valence-electron chi connectivity index (χ2n) is 4.27. The van der Waals surface area contributed by atoms with Crippen molar-refractivity contribution < 1.29 is 14.6 Å². The van der Waals surface area contributed by atoms with E-state index in [1.165, 1.54) is 11.8 Å². The van der Waals surface area contributed by atoms with Gasteiger partial charge in [-0.2, -0.15) is 0 Å². The molecule has 20 heavy (non-hydrogen) atoms. The Kier molecular flexibility index (Phi) is 5.06. The number of hydrogen-bond donors (Lipinski definition) is 2. The number of ether oxygens (including phenoxy) is 1. The number of nitrogens with one attached hydrogen (secondary N) is 1. The summed E-state index contributed by atoms with van der Waals surface area (Å²) in [7, 11) is 1.62. The highest BCUT2D eigenvalue weighted by Crippen LogP contribution is 2.22. The van der Waals surface area contributed by atoms with E-state index < -0.39 is 11.2 Å². The predicted molar refractivity (Wildman–Crippen MR) is 78.0 cm³/mol. The molecule has 0 spiro atoms. The van der Waals surface area contributed by atoms with Gasteiger partial charge in [0, 0.05) is 24.1 Å². The third kappa shape index (κ3) is 4.03. The van der Waals surface area contributed by atoms with Crippen LogP contribution >= 0.6 is 11.8 Å². The third-order valence-electron chi connectivity index (χ3n) is 2.85. The fourth-order valence-electron chi connectivity index (χ4n) is 1.73. The number of thioether (sulfide) groups is 1. The number of H-pyrrole nitrogens is 1. The Morgan fingerprint density at radius 2 is 2.20 bits per heavy atom. The van der Waals surface area contributed by atoms with Crippen LogP contribution in [-0.4, -0.2) is 33.4 Å². The number of carboxylic acids is 1. The minimum Gasteiger partial charge on any atom is -0.497 e. The number of benzene rings is 1. The quantitative estimate of drug-likeness (QED) is 0.819. The van der Waals surface area contributed by atoms with E-state index in [9.17, 15) is 9.90 Å². The highest BCUT2D eigenvalue weighted by atomic mass is 32.2. The fourth-order valence-corrected chi connectivity index (χ4v) is 2.76. The number of aliphatic carboxylic acids is 1. The summed E-state index contributed by atoms with van der Waals surface area (Å²) in [5.74, 6) is 0.638. The van der Waals surface area contributed by atoms with Crippen LogP contribution in [0.4, 0.5) is 0 Å². The molecule has 0 fully saturated rings. The smallest absolute Gasteiger partial charge is 0.317 e. The summed E-state index contributed by atoms with van der Waals surface area (Å²) in [4.78, 5) is 18.1. The molecule has 2 aromatic rings. The van der Waals surface area contributed by atoms with Crippen LogP contribution in [0.1, 0.15) is 11.3 Å². The van der Waals surface area contributed by atoms with Gasteiger partial charge in [0.2, 0.25) is 0 Å². The maximum Gasteiger partial charge on any atom is 0.317 e. The Hall–Kier alpha value is -1.95. The fraction of sp³-hybridized carbons (Fsp3) is 0.286. The molecule has 0 radical (unpaired) electrons. The zero-order valence-corrected chi connectivity index (χ0v) is 11.9. The zero-order chi connectivity index (χ0) is 14.4. The van der Waals surface area contributed by atoms with Gasteiger partial charge in [0.1, 0.15) is 11.0 Å². The van der Waals surface area contributed by atoms with Crippen LogP contribution in [0.3, 0.4) is 0 Å². The standard InChI is InChI=1S/C14H16N2O3S/c1-19-12-4-2-10(3-5-12)8-20-13(14(17)18)6-11-7-15-9-16-11/h2-5,7,9,13H,6,8H2,1H3,(H,15,16)(H,17,18)/t13-/m0/s1. The molecule has 0 aliphatic heterocycles. The number of aromatic nitrogens is 2. The molecule has 2 N–H and O–H groups in total. The molecular formula is C14H16N2O3S. The van der Waals surface area contributed by atoms with Crippen molar-refractivity contribution in [2.24, 2.45) is 0 Å². The van der Waals surface area contributed by atoms with Crippen LogP contribution in [0.25, 0.3) is 0 Å². The number of hydrogen-bond acceptors (Lipinski definition) is 4. The number of imidazole rings is 1. The summed E-state index contributed by atoms with van der Waals surface area (Å²) in [5, 5.41) is 8.77. The van der Waals surface area contributed by atoms with Gasteiger partial charge in [-0.25, -0.2) is 4.98 Å². The van der Waals surface area contributed by atoms with Crippen molar-refractivity contribution >= 4 is 17.7 Å². The number of nitrogens with zero attached hydrogens (tertiary/aromatic N) is 1. The average Bonchev–Trinajstić information content (AvgIpc) is 2.96. The van der Waals surface area contributed by atoms with E-state index in [0.29, 0.717) is 12.2 Å². The topological polar surface area (TPSA) is 75.2 Å². The molecule has 0 aliphatic rings. The van der Waals surface area contributed by atoms with E-state index in [4.69, 9.17) is 4.74 Å². The van der Waals surface area contributed by atoms with Gasteiger partial charge in [0.25, 0.3) is 0 Å². The van der Waals surface area contributed by atoms with Crippen molar-refractivity contribution in [3.63, 3.8) is 0 Å². The zero-order valence-electron chi connectivity index (χ0n) is 11.1. The predicted octanol–water partition coefficient (Wildman–Crippen LogP) is 2.35. The van der Waals surface area contributed by atoms with Crippen molar-refractivity contribution in [3.05, 3.63) is 48.0 Å². The van der Waals surface area contributed by atoms with E-state index in [1.54, 1.807) is 19.6 Å². The molecular weight excluding hydrogens is 276 g/mol. The van der Waals surface area contributed by atoms with Crippen molar-refractivity contribution in [1.82, 2.24) is 9.97 Å². The molecule has 5 nitrogen and oxygen atoms in total. The molecule has 1 aromatic heterocycles. The first-order valence-electron chi connectivity index (χ1n) is 6.13. The summed E-state index contributed by atoms with van der Waals surface area (Å²) in [5.41, 5.74) is 1.91. The van der Waals surface area contributed by atoms with E-state index in [2.05, 4.69) is 9.97 Å². The SMILES string of the molecule is COc1ccc(CS[C@@H](Cc2cnc[nH]2)C(=O)O)cc1. The Labute approximate surface area is 121 Å². The van der Waals surface area contributed by atoms with E-state index in [0.717, 1.165) is 17.0 Å². The molecule has 6 heteroatoms. The lowest BCUT2D eigenvalue weighted by Gasteiger charge is -2.11. The van der Waals surface area contributed by atoms with Gasteiger partial charge >= 0.3 is 5.97 Å². The third-order valence-corrected chi connectivity index (χ3v) is 4.12. The molecule has 0 unspecified atom stereocenters. The molecule has 2 rings (SSSR count). The molecule has 1 atom stereocenters. The minimum atomic E-state index is -0.807. The largest absolute Gasteiger partial charge is 0.497 e. The first kappa shape index (κ1) is 14.5. The minimum absolute atomic E-state index is 0.441. The van der Waals surface area contributed by atoms with Crippen LogP contribution in [0.15, 0.2) is 36.8 Å². The van der Waals surface area contributed by atoms with E-state index in [-0.39, 0.29) is 0 Å². The van der Waals surface area contributed by atoms with Crippen LogP contribution in [0.2, 0.25) is 0 Å². The lowest BCUT2D eigenvalue weighted by molar-refractivity contribution is -0.136. The first-order valence-corrected chi connectivity index (χ1v) is 7.18. The number of rotatable bonds is 7. The molecule has 0 aliphatic carbocycles. The van der Waals surface area contributed by atoms with Crippen LogP contribution in [-0.2, 0) is 17.0 Å². The lowest BCUT2D eigenvalue weighted by atomic mass is 10.2. The molecule has 0 saturated heterocycles. The second kappa shape index (κ2) is 7.00. The van der Waals surface area contributed by atoms with Crippen LogP contribution in [0.5, 0.6) is 5.75 Å². The van der Waals surface area contributed by atoms with Gasteiger partial charge in [-0.15, -0.1) is 11.8 Å². The van der Waals surface area contributed by atoms with Crippen molar-refractivity contribution in [3.8, 4) is 5.75 Å². The normalized spacial score (nSPS) is 12.1. The maximum absolute atomic E-state index is 11.3. The summed E-state index contributed by atoms with van der Waals surface area (Å²) in [6.07, 6.45) is 3.66. The highest BCUT2D eigenvalue weighted by Gasteiger charge is 2.19. The first-order chi connectivity index (χ1) is 9.69. The van der Waals surface area contributed by atoms with E-state index >= 15 is 0 Å². The molecule has 0 amide bonds. The summed E-state index contributed by atoms with van der Waals surface area (Å²) < 4.78 is 5.09. The number of carboxylic acid groups (broad SMARTS) is 1. The number of carbonyl (C=O) groups is 1. The summed E-state index contributed by atoms with van der Waals surface area (Å²) in [6, 6.07) is 7.64. The van der Waals surface area contributed by atoms with Crippen molar-refractivity contribution in [2.45, 2.75) is 17.4 Å². The molecule has 0 bridgehead atoms. The van der Waals surface area contributed by atoms with Gasteiger partial charge < -0.3 is 14.8 Å². The van der Waals surface area contributed by atoms with Gasteiger partial charge in [-0.05, 0) is 17.7 Å². The summed E-state index contributed by atoms with van der Waals surface area (Å²) >= 11 is 1.41. The van der Waals surface area contributed by atoms with Crippen molar-refractivity contribution in [1.29, 1.82) is 0 Å². The summed E-state index contributed by atoms with van der Waals surface area (Å²) in [6.45, 7) is 0. The molecule has 106 valence electrons. The molecule has 0 saturated carbocycles. The van der Waals surface area contributed by atoms with Crippen molar-refractivity contribution in [2.75, 3.05) is 7.11 Å². The molecule has 1 heterocycles. The van der Waals surface area contributed by atoms with Crippen LogP contribution < -0.4 is 4.74 Å². The van der Waals surface area contributed by atoms with Gasteiger partial charge in [-0.3, -0.25) is 4.79 Å². The number of methoxy groups -OCH3 is 1.